The first-order valence-corrected chi connectivity index (χ1v) is 15.1. The van der Waals surface area contributed by atoms with Crippen molar-refractivity contribution in [1.82, 2.24) is 16.0 Å². The van der Waals surface area contributed by atoms with E-state index in [-0.39, 0.29) is 37.2 Å². The average Bonchev–Trinajstić information content (AvgIpc) is 2.81. The van der Waals surface area contributed by atoms with Gasteiger partial charge in [0, 0.05) is 37.6 Å². The Kier molecular flexibility index (Phi) is 13.6. The van der Waals surface area contributed by atoms with E-state index in [9.17, 15) is 28.5 Å². The van der Waals surface area contributed by atoms with Crippen molar-refractivity contribution < 1.29 is 51.6 Å². The van der Waals surface area contributed by atoms with Crippen molar-refractivity contribution in [3.05, 3.63) is 0 Å². The summed E-state index contributed by atoms with van der Waals surface area (Å²) >= 11 is 1.10. The standard InChI is InChI=1S/C24H42N3O11PS/c1-16(28)40-12-11-25-17(29)9-10-26-19(30)18-23(5,6)13-36-39(33,38-18)37-15-35-21(32)27-24(7,8)14-34-20(31)22(2,3)4/h18H,9-15H2,1-8H3,(H,25,29)(H,26,30)(H,27,32)/t18-,39?/m0/s1. The monoisotopic (exact) mass is 611 g/mol. The van der Waals surface area contributed by atoms with Gasteiger partial charge < -0.3 is 25.4 Å². The summed E-state index contributed by atoms with van der Waals surface area (Å²) in [5.74, 6) is -0.921. The number of nitrogens with one attached hydrogen (secondary N) is 3. The molecule has 1 aliphatic rings. The Morgan fingerprint density at radius 1 is 1.02 bits per heavy atom. The average molecular weight is 612 g/mol. The van der Waals surface area contributed by atoms with Crippen LogP contribution in [-0.4, -0.2) is 79.5 Å². The fourth-order valence-corrected chi connectivity index (χ4v) is 4.91. The van der Waals surface area contributed by atoms with Crippen LogP contribution in [0.15, 0.2) is 0 Å². The minimum Gasteiger partial charge on any atom is -0.463 e. The van der Waals surface area contributed by atoms with Gasteiger partial charge >= 0.3 is 19.9 Å². The molecule has 230 valence electrons. The fourth-order valence-electron chi connectivity index (χ4n) is 2.91. The number of phosphoric ester groups is 1. The molecule has 0 radical (unpaired) electrons. The van der Waals surface area contributed by atoms with E-state index >= 15 is 0 Å². The second-order valence-electron chi connectivity index (χ2n) is 11.4. The zero-order valence-corrected chi connectivity index (χ0v) is 26.1. The van der Waals surface area contributed by atoms with E-state index in [0.29, 0.717) is 12.3 Å². The number of alkyl carbamates (subject to hydrolysis) is 1. The highest BCUT2D eigenvalue weighted by atomic mass is 32.2. The van der Waals surface area contributed by atoms with Crippen LogP contribution in [0.5, 0.6) is 0 Å². The first-order chi connectivity index (χ1) is 18.3. The molecule has 0 aromatic carbocycles. The molecule has 14 nitrogen and oxygen atoms in total. The maximum atomic E-state index is 12.9. The molecule has 40 heavy (non-hydrogen) atoms. The number of hydrogen-bond acceptors (Lipinski definition) is 12. The Labute approximate surface area is 239 Å². The lowest BCUT2D eigenvalue weighted by molar-refractivity contribution is -0.154. The summed E-state index contributed by atoms with van der Waals surface area (Å²) in [7, 11) is -4.28. The van der Waals surface area contributed by atoms with E-state index in [4.69, 9.17) is 23.0 Å². The van der Waals surface area contributed by atoms with Crippen LogP contribution in [0.3, 0.4) is 0 Å². The minimum atomic E-state index is -4.28. The molecule has 0 aromatic heterocycles. The SMILES string of the molecule is CC(=O)SCCNC(=O)CCNC(=O)[C@@H]1OP(=O)(OCOC(=O)NC(C)(C)COC(=O)C(C)(C)C)OCC1(C)C. The first kappa shape index (κ1) is 35.8. The maximum absolute atomic E-state index is 12.9. The van der Waals surface area contributed by atoms with Crippen molar-refractivity contribution in [2.45, 2.75) is 73.5 Å². The number of esters is 1. The minimum absolute atomic E-state index is 0.00337. The number of carbonyl (C=O) groups is 5. The number of hydrogen-bond donors (Lipinski definition) is 3. The van der Waals surface area contributed by atoms with Gasteiger partial charge in [-0.3, -0.25) is 28.2 Å². The zero-order valence-electron chi connectivity index (χ0n) is 24.4. The number of amides is 3. The molecule has 1 fully saturated rings. The number of ether oxygens (including phenoxy) is 2. The van der Waals surface area contributed by atoms with Crippen molar-refractivity contribution in [1.29, 1.82) is 0 Å². The lowest BCUT2D eigenvalue weighted by Gasteiger charge is -2.39. The van der Waals surface area contributed by atoms with Crippen molar-refractivity contribution >= 4 is 48.6 Å². The topological polar surface area (TPSA) is 185 Å². The summed E-state index contributed by atoms with van der Waals surface area (Å²) in [4.78, 5) is 59.7. The Balaban J connectivity index is 2.52. The Morgan fingerprint density at radius 2 is 1.68 bits per heavy atom. The zero-order chi connectivity index (χ0) is 30.8. The fraction of sp³-hybridized carbons (Fsp3) is 0.792. The van der Waals surface area contributed by atoms with Crippen molar-refractivity contribution in [3.8, 4) is 0 Å². The third-order valence-corrected chi connectivity index (χ3v) is 7.33. The maximum Gasteiger partial charge on any atom is 0.478 e. The molecular formula is C24H42N3O11PS. The largest absolute Gasteiger partial charge is 0.478 e. The molecule has 1 aliphatic heterocycles. The van der Waals surface area contributed by atoms with Crippen LogP contribution >= 0.6 is 19.6 Å². The van der Waals surface area contributed by atoms with Gasteiger partial charge in [0.05, 0.1) is 17.6 Å². The molecule has 0 aliphatic carbocycles. The van der Waals surface area contributed by atoms with Gasteiger partial charge in [0.2, 0.25) is 18.6 Å². The van der Waals surface area contributed by atoms with Gasteiger partial charge in [-0.2, -0.15) is 0 Å². The molecule has 1 rings (SSSR count). The van der Waals surface area contributed by atoms with Gasteiger partial charge in [-0.15, -0.1) is 0 Å². The van der Waals surface area contributed by atoms with Gasteiger partial charge in [-0.25, -0.2) is 13.9 Å². The molecular weight excluding hydrogens is 569 g/mol. The molecule has 0 bridgehead atoms. The van der Waals surface area contributed by atoms with Gasteiger partial charge in [-0.1, -0.05) is 25.6 Å². The van der Waals surface area contributed by atoms with E-state index in [2.05, 4.69) is 16.0 Å². The van der Waals surface area contributed by atoms with Gasteiger partial charge in [0.25, 0.3) is 0 Å². The number of thioether (sulfide) groups is 1. The number of carbonyl (C=O) groups excluding carboxylic acids is 5. The summed E-state index contributed by atoms with van der Waals surface area (Å²) in [6.07, 6.45) is -2.19. The molecule has 0 aromatic rings. The molecule has 1 saturated heterocycles. The summed E-state index contributed by atoms with van der Waals surface area (Å²) in [5.41, 5.74) is -2.57. The van der Waals surface area contributed by atoms with Gasteiger partial charge in [0.1, 0.15) is 6.61 Å². The van der Waals surface area contributed by atoms with Crippen molar-refractivity contribution in [2.75, 3.05) is 38.8 Å². The van der Waals surface area contributed by atoms with Crippen LogP contribution < -0.4 is 16.0 Å². The second-order valence-corrected chi connectivity index (χ2v) is 14.3. The smallest absolute Gasteiger partial charge is 0.463 e. The van der Waals surface area contributed by atoms with E-state index in [1.807, 2.05) is 0 Å². The van der Waals surface area contributed by atoms with E-state index in [1.165, 1.54) is 6.92 Å². The van der Waals surface area contributed by atoms with E-state index < -0.39 is 55.1 Å². The van der Waals surface area contributed by atoms with Crippen LogP contribution in [0, 0.1) is 10.8 Å². The molecule has 1 unspecified atom stereocenters. The van der Waals surface area contributed by atoms with Gasteiger partial charge in [-0.05, 0) is 34.6 Å². The van der Waals surface area contributed by atoms with Crippen LogP contribution in [0.4, 0.5) is 4.79 Å². The summed E-state index contributed by atoms with van der Waals surface area (Å²) < 4.78 is 38.7. The summed E-state index contributed by atoms with van der Waals surface area (Å²) in [5, 5.41) is 7.66. The Morgan fingerprint density at radius 3 is 2.27 bits per heavy atom. The number of phosphoric acid groups is 1. The van der Waals surface area contributed by atoms with Crippen LogP contribution in [0.25, 0.3) is 0 Å². The first-order valence-electron chi connectivity index (χ1n) is 12.6. The third kappa shape index (κ3) is 13.4. The predicted octanol–water partition coefficient (Wildman–Crippen LogP) is 2.51. The number of rotatable bonds is 13. The molecule has 16 heteroatoms. The molecule has 0 spiro atoms. The molecule has 3 N–H and O–H groups in total. The van der Waals surface area contributed by atoms with E-state index in [1.54, 1.807) is 48.5 Å². The molecule has 1 heterocycles. The van der Waals surface area contributed by atoms with Crippen molar-refractivity contribution in [3.63, 3.8) is 0 Å². The predicted molar refractivity (Wildman–Crippen MR) is 146 cm³/mol. The molecule has 3 amide bonds. The van der Waals surface area contributed by atoms with Crippen molar-refractivity contribution in [2.24, 2.45) is 10.8 Å². The highest BCUT2D eigenvalue weighted by Gasteiger charge is 2.49. The highest BCUT2D eigenvalue weighted by Crippen LogP contribution is 2.57. The Bertz CT molecular complexity index is 982. The van der Waals surface area contributed by atoms with Gasteiger partial charge in [0.15, 0.2) is 11.2 Å². The van der Waals surface area contributed by atoms with E-state index in [0.717, 1.165) is 11.8 Å². The van der Waals surface area contributed by atoms with Crippen LogP contribution in [0.2, 0.25) is 0 Å². The quantitative estimate of drug-likeness (QED) is 0.120. The van der Waals surface area contributed by atoms with Crippen LogP contribution in [-0.2, 0) is 46.8 Å². The molecule has 2 atom stereocenters. The normalized spacial score (nSPS) is 20.6. The lowest BCUT2D eigenvalue weighted by atomic mass is 9.87. The molecule has 0 saturated carbocycles. The lowest BCUT2D eigenvalue weighted by Crippen LogP contribution is -2.50. The third-order valence-electron chi connectivity index (χ3n) is 5.18. The highest BCUT2D eigenvalue weighted by molar-refractivity contribution is 8.13. The summed E-state index contributed by atoms with van der Waals surface area (Å²) in [6.45, 7) is 12.3. The van der Waals surface area contributed by atoms with Crippen LogP contribution in [0.1, 0.15) is 61.8 Å². The summed E-state index contributed by atoms with van der Waals surface area (Å²) in [6, 6.07) is 0. The second kappa shape index (κ2) is 15.2. The Hall–Kier alpha value is -2.19.